The lowest BCUT2D eigenvalue weighted by Crippen LogP contribution is -2.15. The Morgan fingerprint density at radius 2 is 1.40 bits per heavy atom. The van der Waals surface area contributed by atoms with Crippen LogP contribution in [0.4, 0.5) is 0 Å². The van der Waals surface area contributed by atoms with Crippen molar-refractivity contribution in [2.45, 2.75) is 34.6 Å². The van der Waals surface area contributed by atoms with Crippen molar-refractivity contribution in [2.75, 3.05) is 0 Å². The van der Waals surface area contributed by atoms with E-state index >= 15 is 0 Å². The first-order valence-electron chi connectivity index (χ1n) is 6.81. The summed E-state index contributed by atoms with van der Waals surface area (Å²) in [4.78, 5) is 13.0. The zero-order valence-corrected chi connectivity index (χ0v) is 13.9. The van der Waals surface area contributed by atoms with Crippen LogP contribution in [-0.4, -0.2) is 5.78 Å². The van der Waals surface area contributed by atoms with Gasteiger partial charge in [0.1, 0.15) is 0 Å². The lowest BCUT2D eigenvalue weighted by Gasteiger charge is -2.16. The SMILES string of the molecule is Cc1cc(C)c(C(=O)c2c(C)cccc2C)c(C)c1P. The molecule has 0 heterocycles. The minimum Gasteiger partial charge on any atom is -0.289 e. The average molecular weight is 284 g/mol. The minimum absolute atomic E-state index is 0.138. The first-order chi connectivity index (χ1) is 9.34. The maximum atomic E-state index is 13.0. The van der Waals surface area contributed by atoms with Crippen LogP contribution < -0.4 is 5.30 Å². The summed E-state index contributed by atoms with van der Waals surface area (Å²) < 4.78 is 0. The fourth-order valence-corrected chi connectivity index (χ4v) is 3.08. The Balaban J connectivity index is 2.70. The van der Waals surface area contributed by atoms with Crippen molar-refractivity contribution in [3.8, 4) is 0 Å². The second kappa shape index (κ2) is 5.50. The molecule has 0 bridgehead atoms. The summed E-state index contributed by atoms with van der Waals surface area (Å²) >= 11 is 0. The van der Waals surface area contributed by atoms with Crippen LogP contribution in [-0.2, 0) is 0 Å². The second-order valence-electron chi connectivity index (χ2n) is 5.52. The smallest absolute Gasteiger partial charge is 0.194 e. The minimum atomic E-state index is 0.138. The predicted octanol–water partition coefficient (Wildman–Crippen LogP) is 3.96. The summed E-state index contributed by atoms with van der Waals surface area (Å²) in [6.07, 6.45) is 0. The highest BCUT2D eigenvalue weighted by atomic mass is 31.0. The Kier molecular flexibility index (Phi) is 4.11. The van der Waals surface area contributed by atoms with Crippen LogP contribution >= 0.6 is 9.24 Å². The Bertz CT molecular complexity index is 679. The molecule has 1 atom stereocenters. The van der Waals surface area contributed by atoms with Gasteiger partial charge in [-0.2, -0.15) is 0 Å². The van der Waals surface area contributed by atoms with Gasteiger partial charge in [-0.05, 0) is 67.7 Å². The predicted molar refractivity (Wildman–Crippen MR) is 89.3 cm³/mol. The molecule has 0 fully saturated rings. The lowest BCUT2D eigenvalue weighted by molar-refractivity contribution is 0.103. The van der Waals surface area contributed by atoms with Gasteiger partial charge in [0, 0.05) is 11.1 Å². The highest BCUT2D eigenvalue weighted by molar-refractivity contribution is 7.27. The maximum Gasteiger partial charge on any atom is 0.194 e. The number of carbonyl (C=O) groups excluding carboxylic acids is 1. The van der Waals surface area contributed by atoms with Crippen LogP contribution in [0.25, 0.3) is 0 Å². The molecular formula is C18H21OP. The number of ketones is 1. The van der Waals surface area contributed by atoms with Gasteiger partial charge in [-0.1, -0.05) is 24.3 Å². The van der Waals surface area contributed by atoms with E-state index in [1.54, 1.807) is 0 Å². The molecule has 1 unspecified atom stereocenters. The third-order valence-electron chi connectivity index (χ3n) is 3.97. The molecule has 0 saturated carbocycles. The van der Waals surface area contributed by atoms with Gasteiger partial charge in [-0.25, -0.2) is 0 Å². The molecular weight excluding hydrogens is 263 g/mol. The number of rotatable bonds is 2. The number of hydrogen-bond donors (Lipinski definition) is 0. The molecule has 0 N–H and O–H groups in total. The molecule has 0 aliphatic rings. The van der Waals surface area contributed by atoms with Crippen molar-refractivity contribution in [2.24, 2.45) is 0 Å². The van der Waals surface area contributed by atoms with Crippen molar-refractivity contribution in [3.63, 3.8) is 0 Å². The van der Waals surface area contributed by atoms with Crippen LogP contribution in [0.3, 0.4) is 0 Å². The normalized spacial score (nSPS) is 10.7. The van der Waals surface area contributed by atoms with Gasteiger partial charge in [-0.15, -0.1) is 9.24 Å². The van der Waals surface area contributed by atoms with E-state index in [9.17, 15) is 4.79 Å². The summed E-state index contributed by atoms with van der Waals surface area (Å²) in [5.41, 5.74) is 7.10. The zero-order chi connectivity index (χ0) is 15.0. The molecule has 2 heteroatoms. The Labute approximate surface area is 123 Å². The van der Waals surface area contributed by atoms with Crippen molar-refractivity contribution in [3.05, 3.63) is 63.2 Å². The van der Waals surface area contributed by atoms with Crippen LogP contribution in [0.5, 0.6) is 0 Å². The molecule has 104 valence electrons. The van der Waals surface area contributed by atoms with E-state index in [1.807, 2.05) is 45.9 Å². The summed E-state index contributed by atoms with van der Waals surface area (Å²) in [5, 5.41) is 1.13. The third-order valence-corrected chi connectivity index (χ3v) is 4.85. The number of hydrogen-bond acceptors (Lipinski definition) is 1. The molecule has 2 aromatic rings. The lowest BCUT2D eigenvalue weighted by atomic mass is 9.89. The van der Waals surface area contributed by atoms with Crippen molar-refractivity contribution < 1.29 is 4.79 Å². The standard InChI is InChI=1S/C18H21OP/c1-10-7-6-8-11(2)15(10)17(19)16-12(3)9-13(4)18(20)14(16)5/h6-9H,20H2,1-5H3. The first-order valence-corrected chi connectivity index (χ1v) is 7.39. The van der Waals surface area contributed by atoms with Crippen LogP contribution in [0.2, 0.25) is 0 Å². The fourth-order valence-electron chi connectivity index (χ4n) is 2.85. The first kappa shape index (κ1) is 14.9. The molecule has 0 spiro atoms. The van der Waals surface area contributed by atoms with Gasteiger partial charge in [-0.3, -0.25) is 4.79 Å². The van der Waals surface area contributed by atoms with E-state index in [0.717, 1.165) is 38.7 Å². The van der Waals surface area contributed by atoms with E-state index in [0.29, 0.717) is 0 Å². The van der Waals surface area contributed by atoms with Crippen molar-refractivity contribution in [1.29, 1.82) is 0 Å². The van der Waals surface area contributed by atoms with Gasteiger partial charge >= 0.3 is 0 Å². The highest BCUT2D eigenvalue weighted by Gasteiger charge is 2.19. The van der Waals surface area contributed by atoms with Crippen molar-refractivity contribution >= 4 is 20.3 Å². The van der Waals surface area contributed by atoms with Crippen LogP contribution in [0.1, 0.15) is 43.7 Å². The third kappa shape index (κ3) is 2.43. The van der Waals surface area contributed by atoms with Gasteiger partial charge < -0.3 is 0 Å². The Morgan fingerprint density at radius 1 is 0.850 bits per heavy atom. The number of benzene rings is 2. The molecule has 0 amide bonds. The zero-order valence-electron chi connectivity index (χ0n) is 12.8. The average Bonchev–Trinajstić information content (AvgIpc) is 2.36. The number of aryl methyl sites for hydroxylation is 4. The van der Waals surface area contributed by atoms with Gasteiger partial charge in [0.25, 0.3) is 0 Å². The van der Waals surface area contributed by atoms with E-state index in [1.165, 1.54) is 5.56 Å². The molecule has 0 saturated heterocycles. The van der Waals surface area contributed by atoms with Gasteiger partial charge in [0.05, 0.1) is 0 Å². The summed E-state index contributed by atoms with van der Waals surface area (Å²) in [6.45, 7) is 10.1. The topological polar surface area (TPSA) is 17.1 Å². The van der Waals surface area contributed by atoms with Gasteiger partial charge in [0.15, 0.2) is 5.78 Å². The largest absolute Gasteiger partial charge is 0.289 e. The Hall–Kier alpha value is -1.46. The van der Waals surface area contributed by atoms with E-state index in [4.69, 9.17) is 0 Å². The van der Waals surface area contributed by atoms with E-state index in [-0.39, 0.29) is 5.78 Å². The maximum absolute atomic E-state index is 13.0. The summed E-state index contributed by atoms with van der Waals surface area (Å²) in [6, 6.07) is 8.09. The number of carbonyl (C=O) groups is 1. The molecule has 0 aliphatic carbocycles. The Morgan fingerprint density at radius 3 is 1.95 bits per heavy atom. The fraction of sp³-hybridized carbons (Fsp3) is 0.278. The molecule has 2 aromatic carbocycles. The molecule has 1 nitrogen and oxygen atoms in total. The molecule has 0 radical (unpaired) electrons. The van der Waals surface area contributed by atoms with Crippen LogP contribution in [0.15, 0.2) is 24.3 Å². The monoisotopic (exact) mass is 284 g/mol. The molecule has 2 rings (SSSR count). The van der Waals surface area contributed by atoms with Crippen molar-refractivity contribution in [1.82, 2.24) is 0 Å². The molecule has 20 heavy (non-hydrogen) atoms. The van der Waals surface area contributed by atoms with E-state index < -0.39 is 0 Å². The summed E-state index contributed by atoms with van der Waals surface area (Å²) in [7, 11) is 2.76. The molecule has 0 aromatic heterocycles. The summed E-state index contributed by atoms with van der Waals surface area (Å²) in [5.74, 6) is 0.138. The quantitative estimate of drug-likeness (QED) is 0.602. The van der Waals surface area contributed by atoms with Crippen LogP contribution in [0, 0.1) is 34.6 Å². The molecule has 0 aliphatic heterocycles. The van der Waals surface area contributed by atoms with Gasteiger partial charge in [0.2, 0.25) is 0 Å². The highest BCUT2D eigenvalue weighted by Crippen LogP contribution is 2.24. The van der Waals surface area contributed by atoms with E-state index in [2.05, 4.69) is 22.2 Å². The second-order valence-corrected chi connectivity index (χ2v) is 6.10.